The van der Waals surface area contributed by atoms with Gasteiger partial charge in [-0.25, -0.2) is 10.7 Å². The lowest BCUT2D eigenvalue weighted by atomic mass is 10.2. The molecule has 0 bridgehead atoms. The lowest BCUT2D eigenvalue weighted by Crippen LogP contribution is -2.27. The summed E-state index contributed by atoms with van der Waals surface area (Å²) in [5.74, 6) is 5.56. The second kappa shape index (κ2) is 6.40. The van der Waals surface area contributed by atoms with E-state index in [4.69, 9.17) is 15.4 Å². The Morgan fingerprint density at radius 2 is 2.05 bits per heavy atom. The first-order valence-corrected chi connectivity index (χ1v) is 5.84. The minimum absolute atomic E-state index is 0.243. The van der Waals surface area contributed by atoms with E-state index in [1.165, 1.54) is 7.11 Å². The van der Waals surface area contributed by atoms with Gasteiger partial charge >= 0.3 is 6.09 Å². The van der Waals surface area contributed by atoms with Crippen molar-refractivity contribution in [3.05, 3.63) is 23.8 Å². The van der Waals surface area contributed by atoms with Crippen LogP contribution in [0.25, 0.3) is 0 Å². The predicted molar refractivity (Wildman–Crippen MR) is 71.8 cm³/mol. The van der Waals surface area contributed by atoms with Crippen LogP contribution in [0.15, 0.2) is 18.2 Å². The van der Waals surface area contributed by atoms with E-state index in [0.29, 0.717) is 11.4 Å². The number of ether oxygens (including phenoxy) is 2. The van der Waals surface area contributed by atoms with Crippen LogP contribution in [0.3, 0.4) is 0 Å². The molecule has 0 radical (unpaired) electrons. The van der Waals surface area contributed by atoms with Crippen molar-refractivity contribution in [2.75, 3.05) is 12.4 Å². The molecule has 0 unspecified atom stereocenters. The van der Waals surface area contributed by atoms with E-state index < -0.39 is 11.7 Å². The maximum atomic E-state index is 11.7. The summed E-state index contributed by atoms with van der Waals surface area (Å²) in [6, 6.07) is 5.24. The molecule has 3 N–H and O–H groups in total. The monoisotopic (exact) mass is 268 g/mol. The lowest BCUT2D eigenvalue weighted by Gasteiger charge is -2.20. The largest absolute Gasteiger partial charge is 0.495 e. The standard InChI is InChI=1S/C13H20N2O4/c1-13(2,3)19-12(16)15-10-7-9(8-18-14)5-6-11(10)17-4/h5-7H,8,14H2,1-4H3,(H,15,16). The van der Waals surface area contributed by atoms with Gasteiger partial charge < -0.3 is 9.47 Å². The molecule has 0 aromatic heterocycles. The Kier molecular flexibility index (Phi) is 5.14. The Balaban J connectivity index is 2.85. The van der Waals surface area contributed by atoms with Crippen LogP contribution in [-0.2, 0) is 16.2 Å². The second-order valence-electron chi connectivity index (χ2n) is 4.97. The summed E-state index contributed by atoms with van der Waals surface area (Å²) in [4.78, 5) is 16.3. The van der Waals surface area contributed by atoms with Crippen molar-refractivity contribution < 1.29 is 19.1 Å². The quantitative estimate of drug-likeness (QED) is 0.819. The number of rotatable bonds is 4. The number of nitrogens with one attached hydrogen (secondary N) is 1. The maximum Gasteiger partial charge on any atom is 0.412 e. The van der Waals surface area contributed by atoms with Crippen molar-refractivity contribution in [1.29, 1.82) is 0 Å². The molecule has 6 nitrogen and oxygen atoms in total. The Labute approximate surface area is 112 Å². The van der Waals surface area contributed by atoms with Gasteiger partial charge in [0.05, 0.1) is 19.4 Å². The fraction of sp³-hybridized carbons (Fsp3) is 0.462. The second-order valence-corrected chi connectivity index (χ2v) is 4.97. The number of anilines is 1. The van der Waals surface area contributed by atoms with E-state index in [0.717, 1.165) is 5.56 Å². The van der Waals surface area contributed by atoms with Gasteiger partial charge in [-0.3, -0.25) is 10.2 Å². The third-order valence-electron chi connectivity index (χ3n) is 2.15. The topological polar surface area (TPSA) is 82.8 Å². The molecule has 1 rings (SSSR count). The zero-order valence-corrected chi connectivity index (χ0v) is 11.6. The van der Waals surface area contributed by atoms with Gasteiger partial charge in [-0.15, -0.1) is 0 Å². The number of benzene rings is 1. The molecule has 1 aromatic carbocycles. The average molecular weight is 268 g/mol. The highest BCUT2D eigenvalue weighted by atomic mass is 16.6. The van der Waals surface area contributed by atoms with E-state index >= 15 is 0 Å². The summed E-state index contributed by atoms with van der Waals surface area (Å²) in [6.07, 6.45) is -0.545. The molecule has 0 heterocycles. The zero-order chi connectivity index (χ0) is 14.5. The van der Waals surface area contributed by atoms with Crippen LogP contribution < -0.4 is 16.0 Å². The SMILES string of the molecule is COc1ccc(CON)cc1NC(=O)OC(C)(C)C. The summed E-state index contributed by atoms with van der Waals surface area (Å²) >= 11 is 0. The number of hydrogen-bond donors (Lipinski definition) is 2. The highest BCUT2D eigenvalue weighted by molar-refractivity contribution is 5.87. The predicted octanol–water partition coefficient (Wildman–Crippen LogP) is 2.43. The number of hydrogen-bond acceptors (Lipinski definition) is 5. The highest BCUT2D eigenvalue weighted by Gasteiger charge is 2.17. The van der Waals surface area contributed by atoms with E-state index in [1.807, 2.05) is 0 Å². The first kappa shape index (κ1) is 15.3. The number of carbonyl (C=O) groups is 1. The molecule has 6 heteroatoms. The fourth-order valence-electron chi connectivity index (χ4n) is 1.45. The van der Waals surface area contributed by atoms with Crippen LogP contribution in [-0.4, -0.2) is 18.8 Å². The summed E-state index contributed by atoms with van der Waals surface area (Å²) in [5.41, 5.74) is 0.760. The van der Waals surface area contributed by atoms with Crippen LogP contribution in [0.2, 0.25) is 0 Å². The average Bonchev–Trinajstić information content (AvgIpc) is 2.27. The molecular weight excluding hydrogens is 248 g/mol. The Bertz CT molecular complexity index is 441. The highest BCUT2D eigenvalue weighted by Crippen LogP contribution is 2.26. The summed E-state index contributed by atoms with van der Waals surface area (Å²) < 4.78 is 10.3. The van der Waals surface area contributed by atoms with Crippen LogP contribution in [0.1, 0.15) is 26.3 Å². The summed E-state index contributed by atoms with van der Waals surface area (Å²) in [7, 11) is 1.52. The number of nitrogens with two attached hydrogens (primary N) is 1. The molecule has 1 aromatic rings. The molecule has 0 fully saturated rings. The van der Waals surface area contributed by atoms with Gasteiger partial charge in [0.2, 0.25) is 0 Å². The lowest BCUT2D eigenvalue weighted by molar-refractivity contribution is 0.0635. The van der Waals surface area contributed by atoms with E-state index in [2.05, 4.69) is 10.2 Å². The van der Waals surface area contributed by atoms with Crippen molar-refractivity contribution in [1.82, 2.24) is 0 Å². The molecule has 1 amide bonds. The summed E-state index contributed by atoms with van der Waals surface area (Å²) in [5, 5.41) is 2.63. The molecule has 0 atom stereocenters. The van der Waals surface area contributed by atoms with Gasteiger partial charge in [-0.05, 0) is 38.5 Å². The number of amides is 1. The molecule has 0 saturated carbocycles. The molecule has 0 aliphatic heterocycles. The molecule has 0 aliphatic carbocycles. The number of carbonyl (C=O) groups excluding carboxylic acids is 1. The van der Waals surface area contributed by atoms with Crippen molar-refractivity contribution in [3.63, 3.8) is 0 Å². The van der Waals surface area contributed by atoms with Gasteiger partial charge in [-0.1, -0.05) is 6.07 Å². The molecule has 0 saturated heterocycles. The zero-order valence-electron chi connectivity index (χ0n) is 11.6. The van der Waals surface area contributed by atoms with Crippen LogP contribution in [0.4, 0.5) is 10.5 Å². The fourth-order valence-corrected chi connectivity index (χ4v) is 1.45. The first-order valence-electron chi connectivity index (χ1n) is 5.84. The minimum atomic E-state index is -0.560. The van der Waals surface area contributed by atoms with Crippen LogP contribution >= 0.6 is 0 Å². The van der Waals surface area contributed by atoms with Gasteiger partial charge in [0, 0.05) is 0 Å². The Hall–Kier alpha value is -1.79. The van der Waals surface area contributed by atoms with Gasteiger partial charge in [0.15, 0.2) is 0 Å². The van der Waals surface area contributed by atoms with Gasteiger partial charge in [0.1, 0.15) is 11.4 Å². The van der Waals surface area contributed by atoms with Crippen molar-refractivity contribution in [2.45, 2.75) is 33.0 Å². The van der Waals surface area contributed by atoms with Crippen molar-refractivity contribution >= 4 is 11.8 Å². The van der Waals surface area contributed by atoms with Gasteiger partial charge in [0.25, 0.3) is 0 Å². The minimum Gasteiger partial charge on any atom is -0.495 e. The van der Waals surface area contributed by atoms with E-state index in [-0.39, 0.29) is 6.61 Å². The van der Waals surface area contributed by atoms with Gasteiger partial charge in [-0.2, -0.15) is 0 Å². The van der Waals surface area contributed by atoms with Crippen molar-refractivity contribution in [2.24, 2.45) is 5.90 Å². The normalized spacial score (nSPS) is 11.0. The Morgan fingerprint density at radius 3 is 2.58 bits per heavy atom. The van der Waals surface area contributed by atoms with E-state index in [1.54, 1.807) is 39.0 Å². The van der Waals surface area contributed by atoms with Crippen LogP contribution in [0, 0.1) is 0 Å². The molecule has 0 aliphatic rings. The number of methoxy groups -OCH3 is 1. The van der Waals surface area contributed by atoms with Crippen molar-refractivity contribution in [3.8, 4) is 5.75 Å². The molecule has 0 spiro atoms. The summed E-state index contributed by atoms with van der Waals surface area (Å²) in [6.45, 7) is 5.63. The van der Waals surface area contributed by atoms with E-state index in [9.17, 15) is 4.79 Å². The first-order chi connectivity index (χ1) is 8.85. The molecular formula is C13H20N2O4. The van der Waals surface area contributed by atoms with Crippen LogP contribution in [0.5, 0.6) is 5.75 Å². The third-order valence-corrected chi connectivity index (χ3v) is 2.15. The third kappa shape index (κ3) is 5.15. The molecule has 106 valence electrons. The smallest absolute Gasteiger partial charge is 0.412 e. The Morgan fingerprint density at radius 1 is 1.37 bits per heavy atom. The molecule has 19 heavy (non-hydrogen) atoms. The maximum absolute atomic E-state index is 11.7.